The predicted octanol–water partition coefficient (Wildman–Crippen LogP) is 5.36. The summed E-state index contributed by atoms with van der Waals surface area (Å²) in [4.78, 5) is 15.0. The van der Waals surface area contributed by atoms with E-state index < -0.39 is 13.7 Å². The number of anilines is 1. The highest BCUT2D eigenvalue weighted by molar-refractivity contribution is 6.74. The third-order valence-electron chi connectivity index (χ3n) is 5.91. The normalized spacial score (nSPS) is 23.2. The molecule has 1 aliphatic heterocycles. The number of carbonyl (C=O) groups is 1. The van der Waals surface area contributed by atoms with Crippen LogP contribution in [-0.4, -0.2) is 26.4 Å². The fraction of sp³-hybridized carbons (Fsp3) is 0.600. The van der Waals surface area contributed by atoms with E-state index in [1.165, 1.54) is 0 Å². The lowest BCUT2D eigenvalue weighted by Gasteiger charge is -2.42. The Morgan fingerprint density at radius 3 is 2.35 bits per heavy atom. The SMILES string of the molecule is C[C@H]1[C@H](O[Si](C)(C)C(C)(C)C)C(C)(C)C(=O)N1c1ccc(C#N)c(Cl)c1. The first-order valence-electron chi connectivity index (χ1n) is 8.95. The Hall–Kier alpha value is -1.35. The lowest BCUT2D eigenvalue weighted by atomic mass is 9.87. The molecule has 0 bridgehead atoms. The number of rotatable bonds is 3. The van der Waals surface area contributed by atoms with Crippen molar-refractivity contribution in [2.75, 3.05) is 4.90 Å². The molecule has 1 aromatic rings. The summed E-state index contributed by atoms with van der Waals surface area (Å²) in [6, 6.07) is 7.07. The average molecular weight is 393 g/mol. The fourth-order valence-electron chi connectivity index (χ4n) is 3.19. The van der Waals surface area contributed by atoms with E-state index in [1.54, 1.807) is 23.1 Å². The maximum atomic E-state index is 13.2. The highest BCUT2D eigenvalue weighted by Gasteiger charge is 2.55. The van der Waals surface area contributed by atoms with Crippen LogP contribution in [-0.2, 0) is 9.22 Å². The minimum absolute atomic E-state index is 0.0227. The van der Waals surface area contributed by atoms with Gasteiger partial charge in [-0.05, 0) is 57.1 Å². The van der Waals surface area contributed by atoms with Gasteiger partial charge in [0.1, 0.15) is 6.07 Å². The van der Waals surface area contributed by atoms with Gasteiger partial charge in [0.05, 0.1) is 28.1 Å². The summed E-state index contributed by atoms with van der Waals surface area (Å²) in [5, 5.41) is 9.50. The molecule has 2 rings (SSSR count). The van der Waals surface area contributed by atoms with Crippen LogP contribution in [0.2, 0.25) is 23.2 Å². The Balaban J connectivity index is 2.43. The summed E-state index contributed by atoms with van der Waals surface area (Å²) in [6.07, 6.45) is -0.203. The zero-order valence-electron chi connectivity index (χ0n) is 17.0. The smallest absolute Gasteiger partial charge is 0.235 e. The Kier molecular flexibility index (Phi) is 5.37. The van der Waals surface area contributed by atoms with Gasteiger partial charge >= 0.3 is 0 Å². The van der Waals surface area contributed by atoms with Gasteiger partial charge in [-0.15, -0.1) is 0 Å². The molecule has 1 aliphatic rings. The predicted molar refractivity (Wildman–Crippen MR) is 109 cm³/mol. The van der Waals surface area contributed by atoms with E-state index >= 15 is 0 Å². The maximum absolute atomic E-state index is 13.2. The second-order valence-electron chi connectivity index (χ2n) is 9.21. The van der Waals surface area contributed by atoms with Crippen molar-refractivity contribution in [2.45, 2.75) is 71.8 Å². The molecule has 0 unspecified atom stereocenters. The Bertz CT molecular complexity index is 762. The Morgan fingerprint density at radius 2 is 1.88 bits per heavy atom. The van der Waals surface area contributed by atoms with Gasteiger partial charge in [-0.3, -0.25) is 4.79 Å². The van der Waals surface area contributed by atoms with Crippen LogP contribution in [0.4, 0.5) is 5.69 Å². The molecule has 0 spiro atoms. The zero-order chi connectivity index (χ0) is 20.1. The molecule has 1 fully saturated rings. The number of nitriles is 1. The fourth-order valence-corrected chi connectivity index (χ4v) is 4.89. The molecule has 1 amide bonds. The van der Waals surface area contributed by atoms with Gasteiger partial charge in [-0.2, -0.15) is 5.26 Å². The number of carbonyl (C=O) groups excluding carboxylic acids is 1. The van der Waals surface area contributed by atoms with Crippen LogP contribution in [0.25, 0.3) is 0 Å². The van der Waals surface area contributed by atoms with E-state index in [-0.39, 0.29) is 23.1 Å². The van der Waals surface area contributed by atoms with Crippen LogP contribution in [0.3, 0.4) is 0 Å². The summed E-state index contributed by atoms with van der Waals surface area (Å²) < 4.78 is 6.68. The number of nitrogens with zero attached hydrogens (tertiary/aromatic N) is 2. The van der Waals surface area contributed by atoms with Crippen LogP contribution in [0, 0.1) is 16.7 Å². The molecule has 2 atom stereocenters. The first-order chi connectivity index (χ1) is 11.7. The second kappa shape index (κ2) is 6.67. The van der Waals surface area contributed by atoms with Crippen molar-refractivity contribution in [3.8, 4) is 6.07 Å². The molecule has 4 nitrogen and oxygen atoms in total. The molecule has 0 radical (unpaired) electrons. The summed E-state index contributed by atoms with van der Waals surface area (Å²) >= 11 is 6.19. The molecule has 1 heterocycles. The van der Waals surface area contributed by atoms with Gasteiger partial charge in [-0.25, -0.2) is 0 Å². The molecule has 142 valence electrons. The van der Waals surface area contributed by atoms with E-state index in [0.717, 1.165) is 0 Å². The molecule has 0 aliphatic carbocycles. The molecule has 0 aromatic heterocycles. The largest absolute Gasteiger partial charge is 0.411 e. The van der Waals surface area contributed by atoms with Gasteiger partial charge < -0.3 is 9.33 Å². The summed E-state index contributed by atoms with van der Waals surface area (Å²) in [5.74, 6) is 0.0227. The van der Waals surface area contributed by atoms with Crippen LogP contribution in [0.5, 0.6) is 0 Å². The van der Waals surface area contributed by atoms with Crippen molar-refractivity contribution in [3.05, 3.63) is 28.8 Å². The first kappa shape index (κ1) is 21.0. The van der Waals surface area contributed by atoms with Gasteiger partial charge in [-0.1, -0.05) is 32.4 Å². The molecule has 1 saturated heterocycles. The van der Waals surface area contributed by atoms with Gasteiger partial charge in [0.15, 0.2) is 8.32 Å². The van der Waals surface area contributed by atoms with Gasteiger partial charge in [0.2, 0.25) is 5.91 Å². The van der Waals surface area contributed by atoms with Crippen LogP contribution in [0.15, 0.2) is 18.2 Å². The first-order valence-corrected chi connectivity index (χ1v) is 12.2. The average Bonchev–Trinajstić information content (AvgIpc) is 2.66. The Labute approximate surface area is 163 Å². The van der Waals surface area contributed by atoms with Crippen molar-refractivity contribution >= 4 is 31.5 Å². The van der Waals surface area contributed by atoms with Crippen LogP contribution in [0.1, 0.15) is 47.1 Å². The van der Waals surface area contributed by atoms with Crippen LogP contribution < -0.4 is 4.90 Å². The lowest BCUT2D eigenvalue weighted by molar-refractivity contribution is -0.126. The second-order valence-corrected chi connectivity index (χ2v) is 14.4. The van der Waals surface area contributed by atoms with E-state index in [1.807, 2.05) is 20.8 Å². The highest BCUT2D eigenvalue weighted by atomic mass is 35.5. The molecule has 0 saturated carbocycles. The number of hydrogen-bond donors (Lipinski definition) is 0. The molecule has 0 N–H and O–H groups in total. The standard InChI is InChI=1S/C20H29ClN2O2Si/c1-13-17(25-26(7,8)19(2,3)4)20(5,6)18(24)23(13)15-10-9-14(12-22)16(21)11-15/h9-11,13,17H,1-8H3/t13-,17-/m0/s1. The van der Waals surface area contributed by atoms with E-state index in [0.29, 0.717) is 16.3 Å². The number of hydrogen-bond acceptors (Lipinski definition) is 3. The van der Waals surface area contributed by atoms with Gasteiger partial charge in [0, 0.05) is 5.69 Å². The lowest BCUT2D eigenvalue weighted by Crippen LogP contribution is -2.49. The molecular formula is C20H29ClN2O2Si. The van der Waals surface area contributed by atoms with Crippen molar-refractivity contribution in [1.29, 1.82) is 5.26 Å². The highest BCUT2D eigenvalue weighted by Crippen LogP contribution is 2.46. The van der Waals surface area contributed by atoms with Gasteiger partial charge in [0.25, 0.3) is 0 Å². The third-order valence-corrected chi connectivity index (χ3v) is 10.7. The number of halogens is 1. The van der Waals surface area contributed by atoms with E-state index in [2.05, 4.69) is 39.9 Å². The van der Waals surface area contributed by atoms with E-state index in [4.69, 9.17) is 21.3 Å². The zero-order valence-corrected chi connectivity index (χ0v) is 18.7. The van der Waals surface area contributed by atoms with Crippen molar-refractivity contribution < 1.29 is 9.22 Å². The van der Waals surface area contributed by atoms with Crippen molar-refractivity contribution in [1.82, 2.24) is 0 Å². The topological polar surface area (TPSA) is 53.3 Å². The maximum Gasteiger partial charge on any atom is 0.235 e. The quantitative estimate of drug-likeness (QED) is 0.650. The third kappa shape index (κ3) is 3.43. The summed E-state index contributed by atoms with van der Waals surface area (Å²) in [7, 11) is -2.03. The van der Waals surface area contributed by atoms with Crippen LogP contribution >= 0.6 is 11.6 Å². The number of benzene rings is 1. The minimum atomic E-state index is -2.03. The Morgan fingerprint density at radius 1 is 1.31 bits per heavy atom. The number of amides is 1. The minimum Gasteiger partial charge on any atom is -0.411 e. The van der Waals surface area contributed by atoms with E-state index in [9.17, 15) is 4.79 Å². The van der Waals surface area contributed by atoms with Crippen molar-refractivity contribution in [3.63, 3.8) is 0 Å². The molecule has 26 heavy (non-hydrogen) atoms. The molecule has 6 heteroatoms. The summed E-state index contributed by atoms with van der Waals surface area (Å²) in [5.41, 5.74) is 0.485. The molecular weight excluding hydrogens is 364 g/mol. The monoisotopic (exact) mass is 392 g/mol. The summed E-state index contributed by atoms with van der Waals surface area (Å²) in [6.45, 7) is 17.0. The molecule has 1 aromatic carbocycles. The van der Waals surface area contributed by atoms with Crippen molar-refractivity contribution in [2.24, 2.45) is 5.41 Å².